The van der Waals surface area contributed by atoms with Gasteiger partial charge in [0.25, 0.3) is 0 Å². The molecule has 7 heteroatoms. The van der Waals surface area contributed by atoms with Gasteiger partial charge >= 0.3 is 0 Å². The summed E-state index contributed by atoms with van der Waals surface area (Å²) in [5.74, 6) is -0.780. The highest BCUT2D eigenvalue weighted by molar-refractivity contribution is 8.15. The first-order chi connectivity index (χ1) is 16.1. The molecule has 168 valence electrons. The molecule has 0 spiro atoms. The van der Waals surface area contributed by atoms with E-state index in [1.165, 1.54) is 41.6 Å². The zero-order valence-corrected chi connectivity index (χ0v) is 18.8. The number of rotatable bonds is 8. The molecule has 0 aromatic heterocycles. The van der Waals surface area contributed by atoms with Crippen molar-refractivity contribution in [1.29, 1.82) is 0 Å². The van der Waals surface area contributed by atoms with E-state index < -0.39 is 5.25 Å². The molecule has 0 radical (unpaired) electrons. The summed E-state index contributed by atoms with van der Waals surface area (Å²) in [6.45, 7) is 0.530. The van der Waals surface area contributed by atoms with Gasteiger partial charge < -0.3 is 5.32 Å². The fraction of sp³-hybridized carbons (Fsp3) is 0.192. The van der Waals surface area contributed by atoms with Crippen LogP contribution in [0.1, 0.15) is 18.4 Å². The summed E-state index contributed by atoms with van der Waals surface area (Å²) in [7, 11) is 0. The molecule has 1 heterocycles. The molecule has 5 nitrogen and oxygen atoms in total. The minimum Gasteiger partial charge on any atom is -0.326 e. The lowest BCUT2D eigenvalue weighted by molar-refractivity contribution is -0.128. The third kappa shape index (κ3) is 6.29. The Morgan fingerprint density at radius 1 is 0.970 bits per heavy atom. The van der Waals surface area contributed by atoms with Crippen LogP contribution in [0.5, 0.6) is 0 Å². The van der Waals surface area contributed by atoms with Crippen LogP contribution in [0, 0.1) is 5.82 Å². The minimum atomic E-state index is -0.551. The van der Waals surface area contributed by atoms with Crippen molar-refractivity contribution in [2.24, 2.45) is 4.99 Å². The summed E-state index contributed by atoms with van der Waals surface area (Å²) >= 11 is 1.31. The number of thioether (sulfide) groups is 1. The second-order valence-electron chi connectivity index (χ2n) is 7.67. The van der Waals surface area contributed by atoms with Crippen LogP contribution < -0.4 is 5.32 Å². The number of nitrogens with zero attached hydrogens (tertiary/aromatic N) is 2. The maximum absolute atomic E-state index is 13.2. The fourth-order valence-corrected chi connectivity index (χ4v) is 4.73. The smallest absolute Gasteiger partial charge is 0.242 e. The Bertz CT molecular complexity index is 1120. The van der Waals surface area contributed by atoms with Crippen molar-refractivity contribution in [3.05, 3.63) is 96.3 Å². The van der Waals surface area contributed by atoms with E-state index in [9.17, 15) is 14.0 Å². The second-order valence-corrected chi connectivity index (χ2v) is 8.84. The van der Waals surface area contributed by atoms with Gasteiger partial charge in [0.1, 0.15) is 11.1 Å². The van der Waals surface area contributed by atoms with Gasteiger partial charge in [0.2, 0.25) is 11.8 Å². The maximum Gasteiger partial charge on any atom is 0.242 e. The molecule has 1 N–H and O–H groups in total. The summed E-state index contributed by atoms with van der Waals surface area (Å²) in [4.78, 5) is 32.1. The molecule has 0 aliphatic carbocycles. The SMILES string of the molecule is O=C(C[C@H]1SC(=Nc2ccccc2)N(CCCc2ccccc2)C1=O)Nc1ccc(F)cc1. The predicted molar refractivity (Wildman–Crippen MR) is 131 cm³/mol. The third-order valence-corrected chi connectivity index (χ3v) is 6.37. The Morgan fingerprint density at radius 2 is 1.64 bits per heavy atom. The molecular formula is C26H24FN3O2S. The lowest BCUT2D eigenvalue weighted by Crippen LogP contribution is -2.34. The van der Waals surface area contributed by atoms with Crippen LogP contribution in [-0.2, 0) is 16.0 Å². The van der Waals surface area contributed by atoms with Crippen molar-refractivity contribution in [3.8, 4) is 0 Å². The van der Waals surface area contributed by atoms with Gasteiger partial charge in [-0.2, -0.15) is 0 Å². The molecule has 1 saturated heterocycles. The van der Waals surface area contributed by atoms with E-state index in [2.05, 4.69) is 22.4 Å². The monoisotopic (exact) mass is 461 g/mol. The number of aliphatic imine (C=N–C) groups is 1. The lowest BCUT2D eigenvalue weighted by Gasteiger charge is -2.16. The molecule has 2 amide bonds. The number of amidine groups is 1. The molecule has 0 bridgehead atoms. The fourth-order valence-electron chi connectivity index (χ4n) is 3.54. The molecule has 1 aliphatic rings. The molecular weight excluding hydrogens is 437 g/mol. The summed E-state index contributed by atoms with van der Waals surface area (Å²) < 4.78 is 13.1. The Morgan fingerprint density at radius 3 is 2.33 bits per heavy atom. The molecule has 1 atom stereocenters. The molecule has 33 heavy (non-hydrogen) atoms. The number of aryl methyl sites for hydroxylation is 1. The normalized spacial score (nSPS) is 16.9. The highest BCUT2D eigenvalue weighted by atomic mass is 32.2. The first kappa shape index (κ1) is 22.7. The van der Waals surface area contributed by atoms with Gasteiger partial charge in [-0.15, -0.1) is 0 Å². The summed E-state index contributed by atoms with van der Waals surface area (Å²) in [6, 6.07) is 25.2. The average molecular weight is 462 g/mol. The number of benzene rings is 3. The number of anilines is 1. The van der Waals surface area contributed by atoms with Crippen LogP contribution in [0.4, 0.5) is 15.8 Å². The highest BCUT2D eigenvalue weighted by Crippen LogP contribution is 2.32. The van der Waals surface area contributed by atoms with Crippen LogP contribution in [0.3, 0.4) is 0 Å². The van der Waals surface area contributed by atoms with Crippen molar-refractivity contribution in [1.82, 2.24) is 4.90 Å². The molecule has 1 aliphatic heterocycles. The quantitative estimate of drug-likeness (QED) is 0.487. The van der Waals surface area contributed by atoms with Gasteiger partial charge in [0.05, 0.1) is 5.69 Å². The topological polar surface area (TPSA) is 61.8 Å². The maximum atomic E-state index is 13.2. The number of hydrogen-bond donors (Lipinski definition) is 1. The van der Waals surface area contributed by atoms with Crippen molar-refractivity contribution in [3.63, 3.8) is 0 Å². The summed E-state index contributed by atoms with van der Waals surface area (Å²) in [5.41, 5.74) is 2.47. The Labute approximate surface area is 196 Å². The van der Waals surface area contributed by atoms with Crippen molar-refractivity contribution in [2.75, 3.05) is 11.9 Å². The van der Waals surface area contributed by atoms with Gasteiger partial charge in [0, 0.05) is 18.7 Å². The van der Waals surface area contributed by atoms with E-state index in [1.807, 2.05) is 48.5 Å². The number of halogens is 1. The van der Waals surface area contributed by atoms with Crippen molar-refractivity contribution in [2.45, 2.75) is 24.5 Å². The number of carbonyl (C=O) groups excluding carboxylic acids is 2. The number of para-hydroxylation sites is 1. The molecule has 1 fully saturated rings. The molecule has 3 aromatic rings. The van der Waals surface area contributed by atoms with Crippen molar-refractivity contribution >= 4 is 40.1 Å². The third-order valence-electron chi connectivity index (χ3n) is 5.19. The van der Waals surface area contributed by atoms with Gasteiger partial charge in [-0.3, -0.25) is 14.5 Å². The first-order valence-corrected chi connectivity index (χ1v) is 11.7. The number of hydrogen-bond acceptors (Lipinski definition) is 4. The summed E-state index contributed by atoms with van der Waals surface area (Å²) in [5, 5.41) is 2.79. The van der Waals surface area contributed by atoms with Crippen LogP contribution in [0.2, 0.25) is 0 Å². The molecule has 0 saturated carbocycles. The standard InChI is InChI=1S/C26H24FN3O2S/c27-20-13-15-22(16-14-20)28-24(31)18-23-25(32)30(17-7-10-19-8-3-1-4-9-19)26(33-23)29-21-11-5-2-6-12-21/h1-6,8-9,11-16,23H,7,10,17-18H2,(H,28,31)/t23-/m1/s1. The molecule has 3 aromatic carbocycles. The van der Waals surface area contributed by atoms with Gasteiger partial charge in [0.15, 0.2) is 5.17 Å². The van der Waals surface area contributed by atoms with E-state index in [0.717, 1.165) is 18.5 Å². The van der Waals surface area contributed by atoms with Crippen LogP contribution in [-0.4, -0.2) is 33.7 Å². The van der Waals surface area contributed by atoms with Crippen LogP contribution >= 0.6 is 11.8 Å². The zero-order chi connectivity index (χ0) is 23.0. The minimum absolute atomic E-state index is 0.0177. The molecule has 4 rings (SSSR count). The van der Waals surface area contributed by atoms with E-state index in [0.29, 0.717) is 17.4 Å². The lowest BCUT2D eigenvalue weighted by atomic mass is 10.1. The second kappa shape index (κ2) is 10.9. The van der Waals surface area contributed by atoms with E-state index in [4.69, 9.17) is 0 Å². The number of nitrogens with one attached hydrogen (secondary N) is 1. The zero-order valence-electron chi connectivity index (χ0n) is 18.0. The molecule has 0 unspecified atom stereocenters. The summed E-state index contributed by atoms with van der Waals surface area (Å²) in [6.07, 6.45) is 1.66. The van der Waals surface area contributed by atoms with Crippen molar-refractivity contribution < 1.29 is 14.0 Å². The number of carbonyl (C=O) groups is 2. The van der Waals surface area contributed by atoms with Gasteiger partial charge in [-0.05, 0) is 54.8 Å². The van der Waals surface area contributed by atoms with Gasteiger partial charge in [-0.1, -0.05) is 60.3 Å². The number of amides is 2. The van der Waals surface area contributed by atoms with Crippen LogP contribution in [0.15, 0.2) is 89.9 Å². The highest BCUT2D eigenvalue weighted by Gasteiger charge is 2.38. The van der Waals surface area contributed by atoms with E-state index >= 15 is 0 Å². The largest absolute Gasteiger partial charge is 0.326 e. The Balaban J connectivity index is 1.44. The van der Waals surface area contributed by atoms with Gasteiger partial charge in [-0.25, -0.2) is 9.38 Å². The predicted octanol–water partition coefficient (Wildman–Crippen LogP) is 5.42. The first-order valence-electron chi connectivity index (χ1n) is 10.8. The van der Waals surface area contributed by atoms with Crippen LogP contribution in [0.25, 0.3) is 0 Å². The van der Waals surface area contributed by atoms with E-state index in [1.54, 1.807) is 4.90 Å². The Kier molecular flexibility index (Phi) is 7.52. The van der Waals surface area contributed by atoms with E-state index in [-0.39, 0.29) is 24.1 Å². The Hall–Kier alpha value is -3.45. The average Bonchev–Trinajstić information content (AvgIpc) is 3.10.